The maximum atomic E-state index is 10.9. The van der Waals surface area contributed by atoms with E-state index in [1.54, 1.807) is 25.9 Å². The molecule has 0 aromatic rings. The lowest BCUT2D eigenvalue weighted by molar-refractivity contribution is -0.146. The van der Waals surface area contributed by atoms with Crippen LogP contribution in [-0.2, 0) is 14.3 Å². The summed E-state index contributed by atoms with van der Waals surface area (Å²) in [5, 5.41) is 8.88. The van der Waals surface area contributed by atoms with Crippen molar-refractivity contribution in [3.63, 3.8) is 0 Å². The Labute approximate surface area is 84.6 Å². The molecule has 0 rings (SSSR count). The zero-order valence-corrected chi connectivity index (χ0v) is 9.02. The van der Waals surface area contributed by atoms with Gasteiger partial charge in [0.15, 0.2) is 0 Å². The second-order valence-corrected chi connectivity index (χ2v) is 3.03. The average molecular weight is 205 g/mol. The summed E-state index contributed by atoms with van der Waals surface area (Å²) >= 11 is 0. The van der Waals surface area contributed by atoms with Gasteiger partial charge in [-0.15, -0.1) is 0 Å². The van der Waals surface area contributed by atoms with Crippen LogP contribution in [0.1, 0.15) is 13.3 Å². The first-order chi connectivity index (χ1) is 6.61. The first kappa shape index (κ1) is 13.4. The fraction of sp³-hybridized carbons (Fsp3) is 0.889. The highest BCUT2D eigenvalue weighted by Gasteiger charge is 2.10. The molecule has 1 atom stereocenters. The van der Waals surface area contributed by atoms with Gasteiger partial charge < -0.3 is 14.6 Å². The number of esters is 1. The number of carbonyl (C=O) groups excluding carboxylic acids is 1. The molecule has 1 N–H and O–H groups in total. The number of hydrogen-bond acceptors (Lipinski definition) is 5. The highest BCUT2D eigenvalue weighted by atomic mass is 16.5. The van der Waals surface area contributed by atoms with Crippen LogP contribution in [0, 0.1) is 0 Å². The first-order valence-corrected chi connectivity index (χ1v) is 4.66. The van der Waals surface area contributed by atoms with Gasteiger partial charge in [-0.2, -0.15) is 0 Å². The van der Waals surface area contributed by atoms with Crippen LogP contribution in [0.25, 0.3) is 0 Å². The first-order valence-electron chi connectivity index (χ1n) is 4.66. The summed E-state index contributed by atoms with van der Waals surface area (Å²) in [4.78, 5) is 12.6. The van der Waals surface area contributed by atoms with Crippen LogP contribution < -0.4 is 0 Å². The Balaban J connectivity index is 3.56. The van der Waals surface area contributed by atoms with Gasteiger partial charge in [-0.3, -0.25) is 9.69 Å². The fourth-order valence-corrected chi connectivity index (χ4v) is 0.877. The Morgan fingerprint density at radius 2 is 2.14 bits per heavy atom. The van der Waals surface area contributed by atoms with Crippen molar-refractivity contribution in [1.29, 1.82) is 0 Å². The van der Waals surface area contributed by atoms with Crippen molar-refractivity contribution in [3.8, 4) is 0 Å². The predicted octanol–water partition coefficient (Wildman–Crippen LogP) is -0.164. The van der Waals surface area contributed by atoms with Crippen LogP contribution >= 0.6 is 0 Å². The second-order valence-electron chi connectivity index (χ2n) is 3.03. The molecule has 5 nitrogen and oxygen atoms in total. The highest BCUT2D eigenvalue weighted by molar-refractivity contribution is 5.69. The van der Waals surface area contributed by atoms with Crippen molar-refractivity contribution in [2.45, 2.75) is 19.6 Å². The van der Waals surface area contributed by atoms with Gasteiger partial charge in [0.05, 0.1) is 26.2 Å². The predicted molar refractivity (Wildman–Crippen MR) is 51.8 cm³/mol. The standard InChI is InChI=1S/C9H19NO4/c1-4-13-9(12)5-6-14-8(7-11)10(2)3/h8,11H,4-7H2,1-3H3. The third-order valence-corrected chi connectivity index (χ3v) is 1.65. The van der Waals surface area contributed by atoms with Crippen LogP contribution in [0.3, 0.4) is 0 Å². The van der Waals surface area contributed by atoms with Crippen LogP contribution in [0.15, 0.2) is 0 Å². The van der Waals surface area contributed by atoms with Gasteiger partial charge in [-0.25, -0.2) is 0 Å². The van der Waals surface area contributed by atoms with Crippen molar-refractivity contribution < 1.29 is 19.4 Å². The largest absolute Gasteiger partial charge is 0.466 e. The van der Waals surface area contributed by atoms with E-state index >= 15 is 0 Å². The van der Waals surface area contributed by atoms with Crippen molar-refractivity contribution >= 4 is 5.97 Å². The molecular formula is C9H19NO4. The molecule has 84 valence electrons. The van der Waals surface area contributed by atoms with E-state index < -0.39 is 0 Å². The lowest BCUT2D eigenvalue weighted by Gasteiger charge is -2.21. The summed E-state index contributed by atoms with van der Waals surface area (Å²) in [7, 11) is 3.59. The van der Waals surface area contributed by atoms with E-state index in [9.17, 15) is 4.79 Å². The van der Waals surface area contributed by atoms with E-state index in [2.05, 4.69) is 0 Å². The summed E-state index contributed by atoms with van der Waals surface area (Å²) in [6.45, 7) is 2.32. The maximum Gasteiger partial charge on any atom is 0.308 e. The Hall–Kier alpha value is -0.650. The SMILES string of the molecule is CCOC(=O)CCOC(CO)N(C)C. The Morgan fingerprint density at radius 1 is 1.50 bits per heavy atom. The second kappa shape index (κ2) is 7.73. The molecule has 0 aliphatic rings. The fourth-order valence-electron chi connectivity index (χ4n) is 0.877. The molecule has 0 spiro atoms. The number of rotatable bonds is 7. The van der Waals surface area contributed by atoms with Crippen molar-refractivity contribution in [2.75, 3.05) is 33.9 Å². The minimum atomic E-state index is -0.357. The zero-order chi connectivity index (χ0) is 11.0. The van der Waals surface area contributed by atoms with E-state index in [0.29, 0.717) is 6.61 Å². The van der Waals surface area contributed by atoms with E-state index in [1.807, 2.05) is 0 Å². The molecule has 0 aromatic heterocycles. The van der Waals surface area contributed by atoms with Crippen molar-refractivity contribution in [3.05, 3.63) is 0 Å². The zero-order valence-electron chi connectivity index (χ0n) is 9.02. The van der Waals surface area contributed by atoms with Gasteiger partial charge in [-0.05, 0) is 21.0 Å². The van der Waals surface area contributed by atoms with Gasteiger partial charge >= 0.3 is 5.97 Å². The Morgan fingerprint density at radius 3 is 2.57 bits per heavy atom. The van der Waals surface area contributed by atoms with Crippen molar-refractivity contribution in [2.24, 2.45) is 0 Å². The number of ether oxygens (including phenoxy) is 2. The summed E-state index contributed by atoms with van der Waals surface area (Å²) in [6.07, 6.45) is -0.137. The minimum Gasteiger partial charge on any atom is -0.466 e. The number of likely N-dealkylation sites (N-methyl/N-ethyl adjacent to an activating group) is 1. The van der Waals surface area contributed by atoms with E-state index in [-0.39, 0.29) is 31.8 Å². The smallest absolute Gasteiger partial charge is 0.308 e. The Kier molecular flexibility index (Phi) is 7.37. The van der Waals surface area contributed by atoms with Crippen LogP contribution in [0.5, 0.6) is 0 Å². The molecule has 0 aromatic carbocycles. The van der Waals surface area contributed by atoms with Crippen molar-refractivity contribution in [1.82, 2.24) is 4.90 Å². The normalized spacial score (nSPS) is 12.9. The molecule has 0 aliphatic carbocycles. The quantitative estimate of drug-likeness (QED) is 0.462. The van der Waals surface area contributed by atoms with Gasteiger partial charge in [0.25, 0.3) is 0 Å². The van der Waals surface area contributed by atoms with Crippen LogP contribution in [-0.4, -0.2) is 56.1 Å². The summed E-state index contributed by atoms with van der Waals surface area (Å²) in [5.74, 6) is -0.275. The molecule has 14 heavy (non-hydrogen) atoms. The highest BCUT2D eigenvalue weighted by Crippen LogP contribution is 1.97. The number of aliphatic hydroxyl groups is 1. The molecule has 0 heterocycles. The minimum absolute atomic E-state index is 0.0875. The molecule has 0 saturated carbocycles. The summed E-state index contributed by atoms with van der Waals surface area (Å²) < 4.78 is 9.97. The lowest BCUT2D eigenvalue weighted by Crippen LogP contribution is -2.34. The van der Waals surface area contributed by atoms with Crippen LogP contribution in [0.2, 0.25) is 0 Å². The third kappa shape index (κ3) is 5.90. The molecule has 0 bridgehead atoms. The molecular weight excluding hydrogens is 186 g/mol. The van der Waals surface area contributed by atoms with Gasteiger partial charge in [0.1, 0.15) is 6.23 Å². The number of aliphatic hydroxyl groups excluding tert-OH is 1. The molecule has 0 aliphatic heterocycles. The third-order valence-electron chi connectivity index (χ3n) is 1.65. The summed E-state index contributed by atoms with van der Waals surface area (Å²) in [6, 6.07) is 0. The van der Waals surface area contributed by atoms with Gasteiger partial charge in [0.2, 0.25) is 0 Å². The molecule has 5 heteroatoms. The number of carbonyl (C=O) groups is 1. The molecule has 1 unspecified atom stereocenters. The average Bonchev–Trinajstić information content (AvgIpc) is 2.12. The Bertz CT molecular complexity index is 161. The lowest BCUT2D eigenvalue weighted by atomic mass is 10.4. The molecule has 0 saturated heterocycles. The number of nitrogens with zero attached hydrogens (tertiary/aromatic N) is 1. The topological polar surface area (TPSA) is 59.0 Å². The van der Waals surface area contributed by atoms with E-state index in [1.165, 1.54) is 0 Å². The molecule has 0 amide bonds. The maximum absolute atomic E-state index is 10.9. The van der Waals surface area contributed by atoms with Crippen LogP contribution in [0.4, 0.5) is 0 Å². The van der Waals surface area contributed by atoms with Gasteiger partial charge in [0, 0.05) is 0 Å². The van der Waals surface area contributed by atoms with Gasteiger partial charge in [-0.1, -0.05) is 0 Å². The summed E-state index contributed by atoms with van der Waals surface area (Å²) in [5.41, 5.74) is 0. The molecule has 0 radical (unpaired) electrons. The molecule has 0 fully saturated rings. The number of hydrogen-bond donors (Lipinski definition) is 1. The monoisotopic (exact) mass is 205 g/mol. The van der Waals surface area contributed by atoms with E-state index in [4.69, 9.17) is 14.6 Å². The van der Waals surface area contributed by atoms with E-state index in [0.717, 1.165) is 0 Å².